The van der Waals surface area contributed by atoms with Crippen LogP contribution in [0.1, 0.15) is 22.6 Å². The maximum absolute atomic E-state index is 12.2. The molecule has 3 aromatic carbocycles. The summed E-state index contributed by atoms with van der Waals surface area (Å²) in [5, 5.41) is 12.7. The molecule has 0 unspecified atom stereocenters. The van der Waals surface area contributed by atoms with E-state index in [0.717, 1.165) is 0 Å². The van der Waals surface area contributed by atoms with E-state index in [1.165, 1.54) is 22.3 Å². The van der Waals surface area contributed by atoms with E-state index in [2.05, 4.69) is 29.6 Å². The van der Waals surface area contributed by atoms with E-state index in [1.807, 2.05) is 24.3 Å². The van der Waals surface area contributed by atoms with Crippen molar-refractivity contribution in [3.8, 4) is 22.6 Å². The van der Waals surface area contributed by atoms with Crippen molar-refractivity contribution >= 4 is 12.2 Å². The Labute approximate surface area is 175 Å². The van der Waals surface area contributed by atoms with E-state index in [4.69, 9.17) is 9.47 Å². The average Bonchev–Trinajstić information content (AvgIpc) is 3.10. The Balaban J connectivity index is 1.32. The number of ether oxygens (including phenoxy) is 2. The number of aromatic hydroxyl groups is 1. The van der Waals surface area contributed by atoms with Gasteiger partial charge in [-0.3, -0.25) is 0 Å². The third kappa shape index (κ3) is 4.01. The first-order valence-electron chi connectivity index (χ1n) is 9.80. The lowest BCUT2D eigenvalue weighted by Crippen LogP contribution is -2.26. The quantitative estimate of drug-likeness (QED) is 0.613. The van der Waals surface area contributed by atoms with E-state index >= 15 is 0 Å². The van der Waals surface area contributed by atoms with Gasteiger partial charge in [0.2, 0.25) is 0 Å². The fourth-order valence-electron chi connectivity index (χ4n) is 3.77. The van der Waals surface area contributed by atoms with Crippen LogP contribution in [0.5, 0.6) is 11.5 Å². The summed E-state index contributed by atoms with van der Waals surface area (Å²) in [6.45, 7) is 0.574. The van der Waals surface area contributed by atoms with Crippen LogP contribution >= 0.6 is 0 Å². The molecule has 1 amide bonds. The molecule has 0 spiro atoms. The van der Waals surface area contributed by atoms with Crippen LogP contribution in [0.2, 0.25) is 0 Å². The van der Waals surface area contributed by atoms with Crippen molar-refractivity contribution in [2.75, 3.05) is 20.3 Å². The molecule has 5 heteroatoms. The van der Waals surface area contributed by atoms with Crippen molar-refractivity contribution in [1.29, 1.82) is 0 Å². The Morgan fingerprint density at radius 1 is 1.03 bits per heavy atom. The minimum Gasteiger partial charge on any atom is -0.507 e. The highest BCUT2D eigenvalue weighted by Crippen LogP contribution is 2.44. The number of carbonyl (C=O) groups excluding carboxylic acids is 1. The molecule has 0 heterocycles. The summed E-state index contributed by atoms with van der Waals surface area (Å²) in [7, 11) is 1.54. The molecule has 0 radical (unpaired) electrons. The van der Waals surface area contributed by atoms with E-state index < -0.39 is 6.09 Å². The zero-order valence-corrected chi connectivity index (χ0v) is 16.7. The van der Waals surface area contributed by atoms with Gasteiger partial charge in [-0.25, -0.2) is 4.79 Å². The lowest BCUT2D eigenvalue weighted by atomic mass is 9.98. The van der Waals surface area contributed by atoms with E-state index in [0.29, 0.717) is 17.9 Å². The third-order valence-electron chi connectivity index (χ3n) is 5.24. The molecule has 5 nitrogen and oxygen atoms in total. The van der Waals surface area contributed by atoms with Crippen molar-refractivity contribution in [2.45, 2.75) is 5.92 Å². The highest BCUT2D eigenvalue weighted by molar-refractivity contribution is 5.79. The molecule has 0 saturated heterocycles. The second-order valence-electron chi connectivity index (χ2n) is 7.03. The number of nitrogens with one attached hydrogen (secondary N) is 1. The van der Waals surface area contributed by atoms with Crippen LogP contribution in [0, 0.1) is 0 Å². The van der Waals surface area contributed by atoms with Crippen LogP contribution in [-0.4, -0.2) is 31.5 Å². The zero-order valence-electron chi connectivity index (χ0n) is 16.7. The molecule has 0 aromatic heterocycles. The molecule has 0 fully saturated rings. The summed E-state index contributed by atoms with van der Waals surface area (Å²) in [5.74, 6) is 0.739. The lowest BCUT2D eigenvalue weighted by molar-refractivity contribution is 0.144. The van der Waals surface area contributed by atoms with Gasteiger partial charge in [-0.1, -0.05) is 60.7 Å². The smallest absolute Gasteiger partial charge is 0.407 e. The van der Waals surface area contributed by atoms with Crippen molar-refractivity contribution in [3.63, 3.8) is 0 Å². The van der Waals surface area contributed by atoms with Gasteiger partial charge in [0.25, 0.3) is 0 Å². The monoisotopic (exact) mass is 401 g/mol. The Hall–Kier alpha value is -3.73. The summed E-state index contributed by atoms with van der Waals surface area (Å²) >= 11 is 0. The second-order valence-corrected chi connectivity index (χ2v) is 7.03. The molecule has 2 N–H and O–H groups in total. The van der Waals surface area contributed by atoms with Gasteiger partial charge in [0.05, 0.1) is 7.11 Å². The number of phenols is 1. The number of methoxy groups -OCH3 is 1. The molecule has 0 atom stereocenters. The predicted molar refractivity (Wildman–Crippen MR) is 117 cm³/mol. The topological polar surface area (TPSA) is 67.8 Å². The Morgan fingerprint density at radius 3 is 2.33 bits per heavy atom. The fourth-order valence-corrected chi connectivity index (χ4v) is 3.77. The van der Waals surface area contributed by atoms with Gasteiger partial charge in [-0.15, -0.1) is 0 Å². The molecule has 30 heavy (non-hydrogen) atoms. The molecule has 0 saturated carbocycles. The summed E-state index contributed by atoms with van der Waals surface area (Å²) in [5.41, 5.74) is 5.40. The first kappa shape index (κ1) is 19.6. The minimum absolute atomic E-state index is 0.0370. The van der Waals surface area contributed by atoms with Crippen molar-refractivity contribution in [1.82, 2.24) is 5.32 Å². The van der Waals surface area contributed by atoms with Gasteiger partial charge in [0, 0.05) is 24.1 Å². The van der Waals surface area contributed by atoms with Gasteiger partial charge < -0.3 is 19.9 Å². The minimum atomic E-state index is -0.472. The lowest BCUT2D eigenvalue weighted by Gasteiger charge is -2.14. The van der Waals surface area contributed by atoms with Crippen molar-refractivity contribution in [2.24, 2.45) is 0 Å². The fraction of sp³-hybridized carbons (Fsp3) is 0.160. The van der Waals surface area contributed by atoms with Gasteiger partial charge in [0.15, 0.2) is 0 Å². The maximum Gasteiger partial charge on any atom is 0.407 e. The summed E-state index contributed by atoms with van der Waals surface area (Å²) in [4.78, 5) is 12.2. The van der Waals surface area contributed by atoms with Gasteiger partial charge in [-0.05, 0) is 34.4 Å². The standard InChI is InChI=1S/C25H23NO4/c1-29-18-13-12-17(24(27)15-18)7-6-14-26-25(28)30-16-23-21-10-4-2-8-19(21)20-9-3-5-11-22(20)23/h2-13,15,23,27H,14,16H2,1H3,(H,26,28). The molecule has 0 aliphatic heterocycles. The number of benzene rings is 3. The zero-order chi connectivity index (χ0) is 20.9. The van der Waals surface area contributed by atoms with Gasteiger partial charge in [0.1, 0.15) is 18.1 Å². The van der Waals surface area contributed by atoms with Crippen LogP contribution in [0.15, 0.2) is 72.8 Å². The average molecular weight is 401 g/mol. The molecule has 152 valence electrons. The third-order valence-corrected chi connectivity index (χ3v) is 5.24. The summed E-state index contributed by atoms with van der Waals surface area (Å²) in [6.07, 6.45) is 3.02. The highest BCUT2D eigenvalue weighted by atomic mass is 16.5. The molecule has 1 aliphatic rings. The number of amides is 1. The second kappa shape index (κ2) is 8.74. The number of rotatable bonds is 6. The predicted octanol–water partition coefficient (Wildman–Crippen LogP) is 4.95. The van der Waals surface area contributed by atoms with Crippen LogP contribution in [0.3, 0.4) is 0 Å². The normalized spacial score (nSPS) is 12.4. The molecule has 1 aliphatic carbocycles. The van der Waals surface area contributed by atoms with Crippen molar-refractivity contribution < 1.29 is 19.4 Å². The number of carbonyl (C=O) groups is 1. The van der Waals surface area contributed by atoms with E-state index in [1.54, 1.807) is 37.5 Å². The Kier molecular flexibility index (Phi) is 5.70. The van der Waals surface area contributed by atoms with Crippen LogP contribution < -0.4 is 10.1 Å². The van der Waals surface area contributed by atoms with Gasteiger partial charge >= 0.3 is 6.09 Å². The number of alkyl carbamates (subject to hydrolysis) is 1. The van der Waals surface area contributed by atoms with Crippen LogP contribution in [0.4, 0.5) is 4.79 Å². The molecule has 4 rings (SSSR count). The number of hydrogen-bond donors (Lipinski definition) is 2. The molecule has 0 bridgehead atoms. The number of hydrogen-bond acceptors (Lipinski definition) is 4. The number of fused-ring (bicyclic) bond motifs is 3. The Bertz CT molecular complexity index is 1040. The molecule has 3 aromatic rings. The maximum atomic E-state index is 12.2. The van der Waals surface area contributed by atoms with Crippen LogP contribution in [-0.2, 0) is 4.74 Å². The first-order chi connectivity index (χ1) is 14.7. The number of phenolic OH excluding ortho intramolecular Hbond substituents is 1. The summed E-state index contributed by atoms with van der Waals surface area (Å²) < 4.78 is 10.6. The van der Waals surface area contributed by atoms with E-state index in [-0.39, 0.29) is 18.3 Å². The highest BCUT2D eigenvalue weighted by Gasteiger charge is 2.28. The van der Waals surface area contributed by atoms with E-state index in [9.17, 15) is 9.90 Å². The Morgan fingerprint density at radius 2 is 1.70 bits per heavy atom. The SMILES string of the molecule is COc1ccc(C=CCNC(=O)OCC2c3ccccc3-c3ccccc32)c(O)c1. The molecular weight excluding hydrogens is 378 g/mol. The van der Waals surface area contributed by atoms with Crippen LogP contribution in [0.25, 0.3) is 17.2 Å². The van der Waals surface area contributed by atoms with Crippen molar-refractivity contribution in [3.05, 3.63) is 89.5 Å². The largest absolute Gasteiger partial charge is 0.507 e. The summed E-state index contributed by atoms with van der Waals surface area (Å²) in [6, 6.07) is 21.5. The molecular formula is C25H23NO4. The first-order valence-corrected chi connectivity index (χ1v) is 9.80. The van der Waals surface area contributed by atoms with Gasteiger partial charge in [-0.2, -0.15) is 0 Å².